The standard InChI is InChI=1S/CHF3O3S.H3NO/c2-1(3,4)8(5,6)7;1-2/h(H,5,6,7);2H,1H2. The van der Waals surface area contributed by atoms with Gasteiger partial charge in [0.1, 0.15) is 0 Å². The highest BCUT2D eigenvalue weighted by atomic mass is 32.2. The molecule has 0 amide bonds. The molecule has 0 aliphatic carbocycles. The van der Waals surface area contributed by atoms with Gasteiger partial charge >= 0.3 is 15.6 Å². The Morgan fingerprint density at radius 2 is 1.30 bits per heavy atom. The van der Waals surface area contributed by atoms with E-state index in [2.05, 4.69) is 5.90 Å². The molecule has 0 aromatic rings. The molecule has 0 fully saturated rings. The summed E-state index contributed by atoms with van der Waals surface area (Å²) >= 11 is 0. The summed E-state index contributed by atoms with van der Waals surface area (Å²) in [6, 6.07) is 0. The summed E-state index contributed by atoms with van der Waals surface area (Å²) < 4.78 is 57.5. The van der Waals surface area contributed by atoms with E-state index in [1.165, 1.54) is 0 Å². The molecule has 0 radical (unpaired) electrons. The van der Waals surface area contributed by atoms with Gasteiger partial charge in [0.25, 0.3) is 0 Å². The van der Waals surface area contributed by atoms with Crippen molar-refractivity contribution in [1.29, 1.82) is 0 Å². The highest BCUT2D eigenvalue weighted by molar-refractivity contribution is 7.86. The second-order valence-electron chi connectivity index (χ2n) is 0.921. The van der Waals surface area contributed by atoms with Crippen LogP contribution in [-0.4, -0.2) is 23.7 Å². The Balaban J connectivity index is 0. The van der Waals surface area contributed by atoms with Gasteiger partial charge in [-0.1, -0.05) is 0 Å². The van der Waals surface area contributed by atoms with E-state index in [0.29, 0.717) is 0 Å². The number of nitrogens with two attached hydrogens (primary N) is 1. The molecule has 0 aromatic heterocycles. The molecule has 10 heavy (non-hydrogen) atoms. The van der Waals surface area contributed by atoms with Gasteiger partial charge in [-0.2, -0.15) is 21.6 Å². The van der Waals surface area contributed by atoms with Crippen LogP contribution in [0.2, 0.25) is 0 Å². The minimum atomic E-state index is -5.84. The highest BCUT2D eigenvalue weighted by Gasteiger charge is 2.44. The SMILES string of the molecule is NO.O=S(=O)(O)C(F)(F)F. The molecule has 5 nitrogen and oxygen atoms in total. The molecule has 0 aliphatic rings. The largest absolute Gasteiger partial charge is 0.522 e. The molecule has 0 saturated carbocycles. The summed E-state index contributed by atoms with van der Waals surface area (Å²) in [5, 5.41) is 6.50. The Bertz CT molecular complexity index is 169. The number of rotatable bonds is 0. The Morgan fingerprint density at radius 3 is 1.30 bits per heavy atom. The molecule has 0 unspecified atom stereocenters. The molecule has 0 aromatic carbocycles. The molecule has 9 heteroatoms. The van der Waals surface area contributed by atoms with Crippen LogP contribution in [0.4, 0.5) is 13.2 Å². The maximum absolute atomic E-state index is 10.7. The average molecular weight is 183 g/mol. The Hall–Kier alpha value is -0.380. The van der Waals surface area contributed by atoms with Gasteiger partial charge in [-0.25, -0.2) is 5.90 Å². The minimum Gasteiger partial charge on any atom is -0.320 e. The van der Waals surface area contributed by atoms with Crippen molar-refractivity contribution < 1.29 is 31.3 Å². The maximum atomic E-state index is 10.7. The van der Waals surface area contributed by atoms with Crippen molar-refractivity contribution in [2.24, 2.45) is 5.90 Å². The first kappa shape index (κ1) is 12.3. The number of alkyl halides is 3. The van der Waals surface area contributed by atoms with Crippen molar-refractivity contribution in [2.45, 2.75) is 5.51 Å². The van der Waals surface area contributed by atoms with E-state index < -0.39 is 15.6 Å². The van der Waals surface area contributed by atoms with Gasteiger partial charge < -0.3 is 5.21 Å². The van der Waals surface area contributed by atoms with Gasteiger partial charge in [0.2, 0.25) is 0 Å². The quantitative estimate of drug-likeness (QED) is 0.272. The molecule has 0 rings (SSSR count). The third-order valence-corrected chi connectivity index (χ3v) is 0.877. The van der Waals surface area contributed by atoms with Crippen LogP contribution >= 0.6 is 0 Å². The molecular weight excluding hydrogens is 179 g/mol. The number of hydrogen-bond donors (Lipinski definition) is 3. The smallest absolute Gasteiger partial charge is 0.320 e. The molecule has 0 atom stereocenters. The van der Waals surface area contributed by atoms with Crippen LogP contribution in [0.15, 0.2) is 0 Å². The molecule has 4 N–H and O–H groups in total. The van der Waals surface area contributed by atoms with Gasteiger partial charge in [0.15, 0.2) is 0 Å². The molecule has 0 bridgehead atoms. The summed E-state index contributed by atoms with van der Waals surface area (Å²) in [6.45, 7) is 0. The van der Waals surface area contributed by atoms with Gasteiger partial charge in [0.05, 0.1) is 0 Å². The van der Waals surface area contributed by atoms with E-state index >= 15 is 0 Å². The zero-order chi connectivity index (χ0) is 9.00. The Kier molecular flexibility index (Phi) is 4.56. The highest BCUT2D eigenvalue weighted by Crippen LogP contribution is 2.20. The van der Waals surface area contributed by atoms with Crippen molar-refractivity contribution in [3.8, 4) is 0 Å². The van der Waals surface area contributed by atoms with Gasteiger partial charge in [-0.15, -0.1) is 0 Å². The second kappa shape index (κ2) is 3.71. The van der Waals surface area contributed by atoms with Crippen LogP contribution in [0.1, 0.15) is 0 Å². The predicted octanol–water partition coefficient (Wildman–Crippen LogP) is -0.272. The van der Waals surface area contributed by atoms with Crippen LogP contribution in [-0.2, 0) is 10.1 Å². The average Bonchev–Trinajstić information content (AvgIpc) is 1.66. The fourth-order valence-corrected chi connectivity index (χ4v) is 0. The monoisotopic (exact) mass is 183 g/mol. The number of hydrogen-bond acceptors (Lipinski definition) is 4. The fraction of sp³-hybridized carbons (Fsp3) is 1.00. The zero-order valence-electron chi connectivity index (χ0n) is 4.33. The molecule has 0 heterocycles. The van der Waals surface area contributed by atoms with Crippen LogP contribution in [0, 0.1) is 0 Å². The maximum Gasteiger partial charge on any atom is 0.522 e. The molecule has 0 aliphatic heterocycles. The number of halogens is 3. The zero-order valence-corrected chi connectivity index (χ0v) is 5.15. The lowest BCUT2D eigenvalue weighted by Crippen LogP contribution is -2.21. The van der Waals surface area contributed by atoms with Crippen molar-refractivity contribution in [2.75, 3.05) is 0 Å². The van der Waals surface area contributed by atoms with Crippen LogP contribution in [0.5, 0.6) is 0 Å². The van der Waals surface area contributed by atoms with Crippen molar-refractivity contribution in [1.82, 2.24) is 0 Å². The lowest BCUT2D eigenvalue weighted by molar-refractivity contribution is -0.0510. The molecule has 0 saturated heterocycles. The van der Waals surface area contributed by atoms with Gasteiger partial charge in [-0.05, 0) is 0 Å². The van der Waals surface area contributed by atoms with E-state index in [9.17, 15) is 13.2 Å². The summed E-state index contributed by atoms with van der Waals surface area (Å²) in [7, 11) is -5.84. The lowest BCUT2D eigenvalue weighted by atomic mass is 11.6. The van der Waals surface area contributed by atoms with Crippen LogP contribution in [0.3, 0.4) is 0 Å². The van der Waals surface area contributed by atoms with E-state index in [-0.39, 0.29) is 0 Å². The first-order valence-electron chi connectivity index (χ1n) is 1.55. The summed E-state index contributed by atoms with van der Waals surface area (Å²) in [6.07, 6.45) is 0. The Morgan fingerprint density at radius 1 is 1.20 bits per heavy atom. The van der Waals surface area contributed by atoms with Crippen molar-refractivity contribution in [3.63, 3.8) is 0 Å². The first-order chi connectivity index (χ1) is 4.25. The third kappa shape index (κ3) is 4.49. The summed E-state index contributed by atoms with van der Waals surface area (Å²) in [5.41, 5.74) is -5.53. The summed E-state index contributed by atoms with van der Waals surface area (Å²) in [4.78, 5) is 0. The topological polar surface area (TPSA) is 101 Å². The van der Waals surface area contributed by atoms with Gasteiger partial charge in [0, 0.05) is 0 Å². The minimum absolute atomic E-state index is 3.50. The molecule has 64 valence electrons. The summed E-state index contributed by atoms with van der Waals surface area (Å²) in [5.74, 6) is 3.50. The molecule has 0 spiro atoms. The van der Waals surface area contributed by atoms with E-state index in [0.717, 1.165) is 0 Å². The van der Waals surface area contributed by atoms with Gasteiger partial charge in [-0.3, -0.25) is 4.55 Å². The van der Waals surface area contributed by atoms with Crippen molar-refractivity contribution >= 4 is 10.1 Å². The second-order valence-corrected chi connectivity index (χ2v) is 2.33. The van der Waals surface area contributed by atoms with Crippen LogP contribution < -0.4 is 5.90 Å². The molecular formula is CH4F3NO4S. The third-order valence-electron chi connectivity index (χ3n) is 0.292. The fourth-order valence-electron chi connectivity index (χ4n) is 0. The van der Waals surface area contributed by atoms with Crippen molar-refractivity contribution in [3.05, 3.63) is 0 Å². The lowest BCUT2D eigenvalue weighted by Gasteiger charge is -1.97. The first-order valence-corrected chi connectivity index (χ1v) is 2.99. The van der Waals surface area contributed by atoms with E-state index in [1.54, 1.807) is 0 Å². The predicted molar refractivity (Wildman–Crippen MR) is 23.6 cm³/mol. The normalized spacial score (nSPS) is 11.8. The van der Waals surface area contributed by atoms with E-state index in [4.69, 9.17) is 18.2 Å². The Labute approximate surface area is 54.0 Å². The van der Waals surface area contributed by atoms with Crippen LogP contribution in [0.25, 0.3) is 0 Å². The van der Waals surface area contributed by atoms with E-state index in [1.807, 2.05) is 0 Å².